The van der Waals surface area contributed by atoms with Crippen molar-refractivity contribution in [2.45, 2.75) is 50.4 Å². The molecule has 7 heteroatoms. The highest BCUT2D eigenvalue weighted by molar-refractivity contribution is 9.10. The molecular weight excluding hydrogens is 500 g/mol. The van der Waals surface area contributed by atoms with Crippen LogP contribution in [0.4, 0.5) is 0 Å². The summed E-state index contributed by atoms with van der Waals surface area (Å²) in [5, 5.41) is 22.0. The van der Waals surface area contributed by atoms with Crippen LogP contribution in [-0.4, -0.2) is 44.5 Å². The van der Waals surface area contributed by atoms with Crippen molar-refractivity contribution in [2.75, 3.05) is 18.8 Å². The number of aryl methyl sites for hydroxylation is 1. The number of fused-ring (bicyclic) bond motifs is 1. The maximum absolute atomic E-state index is 12.6. The van der Waals surface area contributed by atoms with Crippen LogP contribution in [0.1, 0.15) is 58.9 Å². The lowest BCUT2D eigenvalue weighted by molar-refractivity contribution is 0.0697. The lowest BCUT2D eigenvalue weighted by Gasteiger charge is -2.18. The van der Waals surface area contributed by atoms with Gasteiger partial charge in [-0.1, -0.05) is 30.3 Å². The van der Waals surface area contributed by atoms with Crippen molar-refractivity contribution in [3.63, 3.8) is 0 Å². The Morgan fingerprint density at radius 2 is 1.88 bits per heavy atom. The minimum absolute atomic E-state index is 0.174. The summed E-state index contributed by atoms with van der Waals surface area (Å²) >= 11 is 5.33. The van der Waals surface area contributed by atoms with Crippen LogP contribution < -0.4 is 0 Å². The number of likely N-dealkylation sites (tertiary alicyclic amines) is 1. The number of benzene rings is 2. The monoisotopic (exact) mass is 528 g/mol. The number of carbonyl (C=O) groups is 1. The van der Waals surface area contributed by atoms with Crippen molar-refractivity contribution < 1.29 is 15.0 Å². The molecule has 5 rings (SSSR count). The molecule has 2 N–H and O–H groups in total. The van der Waals surface area contributed by atoms with Gasteiger partial charge in [0.2, 0.25) is 0 Å². The average molecular weight is 530 g/mol. The second kappa shape index (κ2) is 9.72. The number of halogens is 1. The molecule has 174 valence electrons. The minimum atomic E-state index is -0.901. The van der Waals surface area contributed by atoms with Gasteiger partial charge in [-0.2, -0.15) is 11.8 Å². The third-order valence-corrected chi connectivity index (χ3v) is 8.32. The summed E-state index contributed by atoms with van der Waals surface area (Å²) in [6.07, 6.45) is 5.41. The second-order valence-electron chi connectivity index (χ2n) is 9.08. The summed E-state index contributed by atoms with van der Waals surface area (Å²) in [5.41, 5.74) is 4.24. The number of aromatic nitrogens is 1. The van der Waals surface area contributed by atoms with E-state index in [0.717, 1.165) is 73.1 Å². The lowest BCUT2D eigenvalue weighted by Crippen LogP contribution is -2.19. The molecule has 0 bridgehead atoms. The first-order valence-corrected chi connectivity index (χ1v) is 13.6. The Labute approximate surface area is 206 Å². The molecule has 1 aliphatic heterocycles. The van der Waals surface area contributed by atoms with Gasteiger partial charge in [-0.15, -0.1) is 0 Å². The molecule has 0 spiro atoms. The normalized spacial score (nSPS) is 16.6. The van der Waals surface area contributed by atoms with E-state index in [1.54, 1.807) is 11.8 Å². The van der Waals surface area contributed by atoms with Crippen molar-refractivity contribution >= 4 is 44.6 Å². The molecule has 0 atom stereocenters. The highest BCUT2D eigenvalue weighted by atomic mass is 79.9. The van der Waals surface area contributed by atoms with Crippen molar-refractivity contribution in [3.8, 4) is 5.75 Å². The predicted octanol–water partition coefficient (Wildman–Crippen LogP) is 6.21. The number of thioether (sulfide) groups is 1. The number of rotatable bonds is 9. The van der Waals surface area contributed by atoms with Gasteiger partial charge in [0.1, 0.15) is 5.75 Å². The molecule has 0 unspecified atom stereocenters. The fraction of sp³-hybridized carbons (Fsp3) is 0.423. The Kier molecular flexibility index (Phi) is 6.72. The highest BCUT2D eigenvalue weighted by Gasteiger charge is 2.34. The number of hydrogen-bond donors (Lipinski definition) is 2. The number of nitrogens with zero attached hydrogens (tertiary/aromatic N) is 2. The topological polar surface area (TPSA) is 65.7 Å². The van der Waals surface area contributed by atoms with Gasteiger partial charge < -0.3 is 14.8 Å². The number of aromatic carboxylic acids is 1. The summed E-state index contributed by atoms with van der Waals surface area (Å²) in [6.45, 7) is 2.56. The molecule has 3 aromatic rings. The van der Waals surface area contributed by atoms with Gasteiger partial charge in [-0.25, -0.2) is 4.79 Å². The lowest BCUT2D eigenvalue weighted by atomic mass is 10.0. The number of carboxylic acids is 1. The fourth-order valence-corrected chi connectivity index (χ4v) is 6.46. The summed E-state index contributed by atoms with van der Waals surface area (Å²) < 4.78 is 2.90. The van der Waals surface area contributed by atoms with E-state index in [4.69, 9.17) is 0 Å². The Morgan fingerprint density at radius 3 is 2.55 bits per heavy atom. The van der Waals surface area contributed by atoms with Gasteiger partial charge in [0, 0.05) is 35.0 Å². The molecule has 1 saturated carbocycles. The van der Waals surface area contributed by atoms with E-state index in [0.29, 0.717) is 28.4 Å². The smallest absolute Gasteiger partial charge is 0.338 e. The maximum Gasteiger partial charge on any atom is 0.338 e. The van der Waals surface area contributed by atoms with Crippen molar-refractivity contribution in [1.82, 2.24) is 9.47 Å². The fourth-order valence-electron chi connectivity index (χ4n) is 5.00. The zero-order chi connectivity index (χ0) is 22.9. The minimum Gasteiger partial charge on any atom is -0.506 e. The second-order valence-corrected chi connectivity index (χ2v) is 11.0. The van der Waals surface area contributed by atoms with Crippen molar-refractivity contribution in [2.24, 2.45) is 0 Å². The Bertz CT molecular complexity index is 1170. The van der Waals surface area contributed by atoms with Gasteiger partial charge in [0.15, 0.2) is 0 Å². The molecular formula is C26H29BrN2O3S. The first kappa shape index (κ1) is 22.8. The number of phenolic OH excluding ortho intramolecular Hbond substituents is 1. The molecule has 1 aromatic heterocycles. The number of aromatic hydroxyl groups is 1. The summed E-state index contributed by atoms with van der Waals surface area (Å²) in [6, 6.07) is 12.7. The van der Waals surface area contributed by atoms with Crippen LogP contribution >= 0.6 is 27.7 Å². The van der Waals surface area contributed by atoms with Gasteiger partial charge in [0.05, 0.1) is 15.6 Å². The first-order valence-electron chi connectivity index (χ1n) is 11.7. The third kappa shape index (κ3) is 4.68. The summed E-state index contributed by atoms with van der Waals surface area (Å²) in [4.78, 5) is 14.9. The predicted molar refractivity (Wildman–Crippen MR) is 137 cm³/mol. The molecule has 33 heavy (non-hydrogen) atoms. The van der Waals surface area contributed by atoms with E-state index in [1.165, 1.54) is 5.56 Å². The number of hydrogen-bond acceptors (Lipinski definition) is 4. The molecule has 2 heterocycles. The molecule has 1 aliphatic carbocycles. The van der Waals surface area contributed by atoms with Crippen LogP contribution in [0.2, 0.25) is 0 Å². The largest absolute Gasteiger partial charge is 0.506 e. The average Bonchev–Trinajstić information content (AvgIpc) is 3.40. The van der Waals surface area contributed by atoms with Crippen molar-refractivity contribution in [1.29, 1.82) is 0 Å². The SMILES string of the molecule is O=C(O)c1c(CSCCc2ccccc2)n(C2CC2)c2cc(Br)c(O)c(CN3CCCC3)c12. The molecule has 2 aromatic carbocycles. The Hall–Kier alpha value is -1.96. The highest BCUT2D eigenvalue weighted by Crippen LogP contribution is 2.46. The van der Waals surface area contributed by atoms with Crippen LogP contribution in [0, 0.1) is 0 Å². The quantitative estimate of drug-likeness (QED) is 0.323. The standard InChI is InChI=1S/C26H29BrN2O3S/c27-20-14-21-23(19(25(20)30)15-28-11-4-5-12-28)24(26(31)32)22(29(21)18-8-9-18)16-33-13-10-17-6-2-1-3-7-17/h1-3,6-7,14,18,30H,4-5,8-13,15-16H2,(H,31,32). The zero-order valence-corrected chi connectivity index (χ0v) is 21.0. The van der Waals surface area contributed by atoms with E-state index in [-0.39, 0.29) is 5.75 Å². The Balaban J connectivity index is 1.53. The molecule has 1 saturated heterocycles. The first-order chi connectivity index (χ1) is 16.0. The van der Waals surface area contributed by atoms with Crippen molar-refractivity contribution in [3.05, 3.63) is 63.3 Å². The molecule has 2 fully saturated rings. The molecule has 5 nitrogen and oxygen atoms in total. The van der Waals surface area contributed by atoms with Crippen LogP contribution in [0.3, 0.4) is 0 Å². The third-order valence-electron chi connectivity index (χ3n) is 6.75. The van der Waals surface area contributed by atoms with E-state index < -0.39 is 5.97 Å². The van der Waals surface area contributed by atoms with Gasteiger partial charge >= 0.3 is 5.97 Å². The number of phenols is 1. The Morgan fingerprint density at radius 1 is 1.15 bits per heavy atom. The van der Waals surface area contributed by atoms with E-state index >= 15 is 0 Å². The molecule has 0 radical (unpaired) electrons. The van der Waals surface area contributed by atoms with Crippen LogP contribution in [0.15, 0.2) is 40.9 Å². The van der Waals surface area contributed by atoms with E-state index in [1.807, 2.05) is 12.1 Å². The van der Waals surface area contributed by atoms with Crippen LogP contribution in [0.25, 0.3) is 10.9 Å². The summed E-state index contributed by atoms with van der Waals surface area (Å²) in [5.74, 6) is 0.863. The van der Waals surface area contributed by atoms with Gasteiger partial charge in [-0.05, 0) is 78.5 Å². The van der Waals surface area contributed by atoms with E-state index in [9.17, 15) is 15.0 Å². The zero-order valence-electron chi connectivity index (χ0n) is 18.6. The van der Waals surface area contributed by atoms with Gasteiger partial charge in [-0.3, -0.25) is 4.90 Å². The van der Waals surface area contributed by atoms with E-state index in [2.05, 4.69) is 49.7 Å². The van der Waals surface area contributed by atoms with Gasteiger partial charge in [0.25, 0.3) is 0 Å². The number of carboxylic acid groups (broad SMARTS) is 1. The molecule has 2 aliphatic rings. The maximum atomic E-state index is 12.6. The molecule has 0 amide bonds. The summed E-state index contributed by atoms with van der Waals surface area (Å²) in [7, 11) is 0. The van der Waals surface area contributed by atoms with Crippen LogP contribution in [0.5, 0.6) is 5.75 Å². The van der Waals surface area contributed by atoms with Crippen LogP contribution in [-0.2, 0) is 18.7 Å².